The van der Waals surface area contributed by atoms with Crippen molar-refractivity contribution in [2.75, 3.05) is 12.4 Å². The summed E-state index contributed by atoms with van der Waals surface area (Å²) in [4.78, 5) is 21.6. The summed E-state index contributed by atoms with van der Waals surface area (Å²) in [5, 5.41) is 20.5. The van der Waals surface area contributed by atoms with E-state index < -0.39 is 20.1 Å². The maximum Gasteiger partial charge on any atom is 0.305 e. The molecule has 9 nitrogen and oxygen atoms in total. The number of hydrogen-bond acceptors (Lipinski definition) is 6. The maximum atomic E-state index is 11.1. The second-order valence-electron chi connectivity index (χ2n) is 5.64. The fraction of sp³-hybridized carbons (Fsp3) is 0.222. The molecule has 1 amide bonds. The zero-order valence-corrected chi connectivity index (χ0v) is 17.2. The van der Waals surface area contributed by atoms with Crippen molar-refractivity contribution in [2.45, 2.75) is 19.8 Å². The van der Waals surface area contributed by atoms with E-state index in [0.717, 1.165) is 5.56 Å². The number of esters is 1. The number of phenolic OH excluding ortho intramolecular Hbond substituents is 2. The van der Waals surface area contributed by atoms with Gasteiger partial charge in [-0.05, 0) is 24.1 Å². The van der Waals surface area contributed by atoms with Gasteiger partial charge >= 0.3 is 94.1 Å². The number of carbonyl (C=O) groups excluding carboxylic acids is 2. The van der Waals surface area contributed by atoms with Gasteiger partial charge in [0.15, 0.2) is 0 Å². The summed E-state index contributed by atoms with van der Waals surface area (Å²) in [5.74, 6) is -0.857. The van der Waals surface area contributed by atoms with Crippen LogP contribution in [0.15, 0.2) is 42.5 Å². The number of rotatable bonds is 5. The van der Waals surface area contributed by atoms with E-state index in [9.17, 15) is 18.4 Å². The molecule has 2 aromatic carbocycles. The molecule has 0 unspecified atom stereocenters. The number of benzene rings is 2. The molecular weight excluding hydrogens is 433 g/mol. The van der Waals surface area contributed by atoms with Gasteiger partial charge in [0.05, 0.1) is 7.11 Å². The van der Waals surface area contributed by atoms with Gasteiger partial charge in [0.1, 0.15) is 5.75 Å². The summed E-state index contributed by atoms with van der Waals surface area (Å²) in [6, 6.07) is 10.5. The third-order valence-electron chi connectivity index (χ3n) is 3.42. The number of para-hydroxylation sites is 1. The molecule has 0 bridgehead atoms. The normalized spacial score (nSPS) is 10.4. The van der Waals surface area contributed by atoms with Crippen LogP contribution in [-0.2, 0) is 24.5 Å². The van der Waals surface area contributed by atoms with Crippen molar-refractivity contribution >= 4 is 36.1 Å². The Morgan fingerprint density at radius 2 is 1.68 bits per heavy atom. The Labute approximate surface area is 164 Å². The molecule has 2 aromatic rings. The topological polar surface area (TPSA) is 153 Å². The third kappa shape index (κ3) is 7.87. The van der Waals surface area contributed by atoms with Crippen LogP contribution in [0.25, 0.3) is 0 Å². The molecule has 0 aromatic heterocycles. The quantitative estimate of drug-likeness (QED) is 0.247. The first-order valence-corrected chi connectivity index (χ1v) is 11.4. The van der Waals surface area contributed by atoms with Gasteiger partial charge in [-0.1, -0.05) is 12.1 Å². The molecule has 0 aliphatic heterocycles. The molecule has 0 saturated carbocycles. The predicted octanol–water partition coefficient (Wildman–Crippen LogP) is 0.409. The van der Waals surface area contributed by atoms with E-state index >= 15 is 0 Å². The minimum Gasteiger partial charge on any atom is -0.508 e. The predicted molar refractivity (Wildman–Crippen MR) is 101 cm³/mol. The molecule has 0 atom stereocenters. The number of hydrogen-bond donors (Lipinski definition) is 5. The SMILES string of the molecule is CC(=O)Nc1c(O)cccc1[As](=O)(O)O.COC(=O)CCc1ccc(O)cc1. The van der Waals surface area contributed by atoms with Gasteiger partial charge in [-0.3, -0.25) is 4.79 Å². The van der Waals surface area contributed by atoms with Crippen LogP contribution in [-0.4, -0.2) is 51.6 Å². The van der Waals surface area contributed by atoms with Crippen LogP contribution in [0.1, 0.15) is 18.9 Å². The summed E-state index contributed by atoms with van der Waals surface area (Å²) in [5.41, 5.74) is 0.792. The van der Waals surface area contributed by atoms with Crippen molar-refractivity contribution in [1.82, 2.24) is 0 Å². The van der Waals surface area contributed by atoms with E-state index in [4.69, 9.17) is 13.3 Å². The van der Waals surface area contributed by atoms with Crippen LogP contribution in [0.4, 0.5) is 5.69 Å². The summed E-state index contributed by atoms with van der Waals surface area (Å²) >= 11 is -5.14. The van der Waals surface area contributed by atoms with Crippen molar-refractivity contribution < 1.29 is 36.5 Å². The van der Waals surface area contributed by atoms with Crippen LogP contribution < -0.4 is 9.67 Å². The molecular formula is C18H22AsNO8. The number of methoxy groups -OCH3 is 1. The zero-order chi connectivity index (χ0) is 21.3. The van der Waals surface area contributed by atoms with E-state index in [1.807, 2.05) is 0 Å². The molecule has 5 N–H and O–H groups in total. The van der Waals surface area contributed by atoms with Crippen molar-refractivity contribution in [3.8, 4) is 11.5 Å². The van der Waals surface area contributed by atoms with Crippen LogP contribution >= 0.6 is 0 Å². The molecule has 0 spiro atoms. The van der Waals surface area contributed by atoms with E-state index in [-0.39, 0.29) is 27.5 Å². The van der Waals surface area contributed by atoms with Crippen LogP contribution in [0, 0.1) is 0 Å². The number of ether oxygens (including phenoxy) is 1. The number of anilines is 1. The first kappa shape index (κ1) is 23.3. The van der Waals surface area contributed by atoms with Crippen molar-refractivity contribution in [2.24, 2.45) is 0 Å². The molecule has 0 radical (unpaired) electrons. The Kier molecular flexibility index (Phi) is 8.78. The first-order valence-electron chi connectivity index (χ1n) is 8.05. The van der Waals surface area contributed by atoms with Crippen molar-refractivity contribution in [3.05, 3.63) is 48.0 Å². The first-order chi connectivity index (χ1) is 13.0. The maximum absolute atomic E-state index is 11.1. The number of phenols is 2. The molecule has 0 heterocycles. The summed E-state index contributed by atoms with van der Waals surface area (Å²) in [6.07, 6.45) is 1.02. The molecule has 152 valence electrons. The van der Waals surface area contributed by atoms with E-state index in [0.29, 0.717) is 12.8 Å². The molecule has 10 heteroatoms. The van der Waals surface area contributed by atoms with E-state index in [1.165, 1.54) is 32.2 Å². The molecule has 0 fully saturated rings. The second-order valence-corrected chi connectivity index (χ2v) is 8.93. The van der Waals surface area contributed by atoms with Gasteiger partial charge in [-0.2, -0.15) is 0 Å². The van der Waals surface area contributed by atoms with Gasteiger partial charge in [-0.25, -0.2) is 0 Å². The molecule has 0 aliphatic carbocycles. The zero-order valence-electron chi connectivity index (χ0n) is 15.3. The summed E-state index contributed by atoms with van der Waals surface area (Å²) in [7, 11) is 1.37. The smallest absolute Gasteiger partial charge is 0.305 e. The molecule has 0 saturated heterocycles. The number of aromatic hydroxyl groups is 2. The summed E-state index contributed by atoms with van der Waals surface area (Å²) in [6.45, 7) is 1.18. The van der Waals surface area contributed by atoms with Gasteiger partial charge in [0.2, 0.25) is 0 Å². The van der Waals surface area contributed by atoms with Gasteiger partial charge in [0, 0.05) is 6.42 Å². The average Bonchev–Trinajstić information content (AvgIpc) is 2.62. The fourth-order valence-corrected chi connectivity index (χ4v) is 3.64. The monoisotopic (exact) mass is 455 g/mol. The van der Waals surface area contributed by atoms with Gasteiger partial charge < -0.3 is 9.84 Å². The Balaban J connectivity index is 0.000000283. The number of amides is 1. The van der Waals surface area contributed by atoms with Crippen LogP contribution in [0.5, 0.6) is 11.5 Å². The Morgan fingerprint density at radius 3 is 2.18 bits per heavy atom. The minimum atomic E-state index is -5.14. The largest absolute Gasteiger partial charge is 0.508 e. The number of aryl methyl sites for hydroxylation is 1. The van der Waals surface area contributed by atoms with Gasteiger partial charge in [-0.15, -0.1) is 0 Å². The molecule has 2 rings (SSSR count). The van der Waals surface area contributed by atoms with E-state index in [1.54, 1.807) is 24.3 Å². The Bertz CT molecular complexity index is 860. The molecule has 0 aliphatic rings. The van der Waals surface area contributed by atoms with Gasteiger partial charge in [0.25, 0.3) is 0 Å². The third-order valence-corrected chi connectivity index (χ3v) is 5.52. The standard InChI is InChI=1S/C10H12O3.C8H10AsNO5/c1-13-10(12)7-4-8-2-5-9(11)6-3-8;1-5(11)10-8-6(9(13,14)15)3-2-4-7(8)12/h2-3,5-6,11H,4,7H2,1H3;2-4,12H,1H3,(H,10,11)(H2,13,14,15). The second kappa shape index (κ2) is 10.6. The minimum absolute atomic E-state index is 0.215. The van der Waals surface area contributed by atoms with E-state index in [2.05, 4.69) is 10.1 Å². The van der Waals surface area contributed by atoms with Crippen LogP contribution in [0.3, 0.4) is 0 Å². The number of carbonyl (C=O) groups is 2. The summed E-state index contributed by atoms with van der Waals surface area (Å²) < 4.78 is 33.3. The van der Waals surface area contributed by atoms with Crippen molar-refractivity contribution in [3.63, 3.8) is 0 Å². The molecule has 28 heavy (non-hydrogen) atoms. The fourth-order valence-electron chi connectivity index (χ4n) is 2.09. The number of nitrogens with one attached hydrogen (secondary N) is 1. The Hall–Kier alpha value is -2.74. The van der Waals surface area contributed by atoms with Crippen molar-refractivity contribution in [1.29, 1.82) is 0 Å². The Morgan fingerprint density at radius 1 is 1.07 bits per heavy atom. The average molecular weight is 455 g/mol. The van der Waals surface area contributed by atoms with Crippen LogP contribution in [0.2, 0.25) is 0 Å².